The van der Waals surface area contributed by atoms with Gasteiger partial charge in [-0.3, -0.25) is 4.79 Å². The third kappa shape index (κ3) is 6.19. The van der Waals surface area contributed by atoms with E-state index in [4.69, 9.17) is 4.74 Å². The standard InChI is InChI=1S/C24H32N2O2S2/c1-17-6-7-18(2)22(16-17)28-24(3,4)23(27)25-19-12-14-26(15-13-19)30-21-10-8-20(29-5)9-11-21/h6-11,16,19H,12-15H2,1-5H3,(H,25,27). The van der Waals surface area contributed by atoms with Crippen molar-refractivity contribution in [3.05, 3.63) is 53.6 Å². The Morgan fingerprint density at radius 2 is 1.70 bits per heavy atom. The number of rotatable bonds is 7. The number of ether oxygens (including phenoxy) is 1. The lowest BCUT2D eigenvalue weighted by Crippen LogP contribution is -2.52. The molecule has 0 aromatic heterocycles. The Balaban J connectivity index is 1.49. The Morgan fingerprint density at radius 3 is 2.33 bits per heavy atom. The Morgan fingerprint density at radius 1 is 1.07 bits per heavy atom. The van der Waals surface area contributed by atoms with E-state index in [1.807, 2.05) is 39.8 Å². The first-order valence-electron chi connectivity index (χ1n) is 10.4. The number of benzene rings is 2. The van der Waals surface area contributed by atoms with Crippen LogP contribution in [-0.2, 0) is 4.79 Å². The maximum atomic E-state index is 12.9. The van der Waals surface area contributed by atoms with Crippen LogP contribution in [0.25, 0.3) is 0 Å². The molecule has 1 aliphatic rings. The fourth-order valence-corrected chi connectivity index (χ4v) is 4.73. The highest BCUT2D eigenvalue weighted by molar-refractivity contribution is 7.98. The third-order valence-electron chi connectivity index (χ3n) is 5.34. The SMILES string of the molecule is CSc1ccc(SN2CCC(NC(=O)C(C)(C)Oc3cc(C)ccc3C)CC2)cc1. The number of nitrogens with one attached hydrogen (secondary N) is 1. The first kappa shape index (κ1) is 23.0. The molecular weight excluding hydrogens is 412 g/mol. The van der Waals surface area contributed by atoms with Crippen LogP contribution in [0.4, 0.5) is 0 Å². The molecule has 4 nitrogen and oxygen atoms in total. The van der Waals surface area contributed by atoms with E-state index in [9.17, 15) is 4.79 Å². The molecule has 30 heavy (non-hydrogen) atoms. The minimum absolute atomic E-state index is 0.0536. The van der Waals surface area contributed by atoms with Gasteiger partial charge in [0.1, 0.15) is 5.75 Å². The monoisotopic (exact) mass is 444 g/mol. The van der Waals surface area contributed by atoms with Gasteiger partial charge in [0.05, 0.1) is 0 Å². The van der Waals surface area contributed by atoms with Gasteiger partial charge in [-0.15, -0.1) is 11.8 Å². The van der Waals surface area contributed by atoms with Crippen LogP contribution in [0.5, 0.6) is 5.75 Å². The summed E-state index contributed by atoms with van der Waals surface area (Å²) in [6, 6.07) is 14.9. The molecule has 1 fully saturated rings. The number of hydrogen-bond donors (Lipinski definition) is 1. The molecule has 1 heterocycles. The highest BCUT2D eigenvalue weighted by Crippen LogP contribution is 2.29. The Labute approximate surface area is 189 Å². The van der Waals surface area contributed by atoms with E-state index < -0.39 is 5.60 Å². The van der Waals surface area contributed by atoms with Crippen molar-refractivity contribution in [3.8, 4) is 5.75 Å². The summed E-state index contributed by atoms with van der Waals surface area (Å²) in [6.45, 7) is 9.63. The van der Waals surface area contributed by atoms with Crippen molar-refractivity contribution in [1.82, 2.24) is 9.62 Å². The summed E-state index contributed by atoms with van der Waals surface area (Å²) in [5.41, 5.74) is 1.25. The van der Waals surface area contributed by atoms with Gasteiger partial charge in [0, 0.05) is 28.9 Å². The molecule has 0 radical (unpaired) electrons. The van der Waals surface area contributed by atoms with Crippen LogP contribution < -0.4 is 10.1 Å². The molecule has 2 aromatic carbocycles. The van der Waals surface area contributed by atoms with E-state index in [0.29, 0.717) is 0 Å². The van der Waals surface area contributed by atoms with E-state index >= 15 is 0 Å². The number of amides is 1. The molecule has 1 aliphatic heterocycles. The molecule has 0 unspecified atom stereocenters. The highest BCUT2D eigenvalue weighted by Gasteiger charge is 2.33. The van der Waals surface area contributed by atoms with Gasteiger partial charge in [-0.25, -0.2) is 4.31 Å². The third-order valence-corrected chi connectivity index (χ3v) is 7.19. The summed E-state index contributed by atoms with van der Waals surface area (Å²) in [5, 5.41) is 3.21. The van der Waals surface area contributed by atoms with Crippen molar-refractivity contribution in [2.75, 3.05) is 19.3 Å². The van der Waals surface area contributed by atoms with E-state index in [1.165, 1.54) is 9.79 Å². The number of piperidine rings is 1. The first-order chi connectivity index (χ1) is 14.3. The zero-order valence-corrected chi connectivity index (χ0v) is 20.2. The number of aryl methyl sites for hydroxylation is 2. The van der Waals surface area contributed by atoms with Crippen LogP contribution in [0.15, 0.2) is 52.3 Å². The van der Waals surface area contributed by atoms with Crippen LogP contribution in [-0.4, -0.2) is 41.2 Å². The topological polar surface area (TPSA) is 41.6 Å². The quantitative estimate of drug-likeness (QED) is 0.453. The molecule has 1 N–H and O–H groups in total. The molecule has 0 aliphatic carbocycles. The number of hydrogen-bond acceptors (Lipinski definition) is 5. The van der Waals surface area contributed by atoms with Gasteiger partial charge >= 0.3 is 0 Å². The van der Waals surface area contributed by atoms with E-state index in [0.717, 1.165) is 42.8 Å². The Bertz CT molecular complexity index is 860. The molecular formula is C24H32N2O2S2. The summed E-state index contributed by atoms with van der Waals surface area (Å²) in [7, 11) is 0. The maximum Gasteiger partial charge on any atom is 0.263 e. The minimum atomic E-state index is -0.913. The maximum absolute atomic E-state index is 12.9. The van der Waals surface area contributed by atoms with Crippen molar-refractivity contribution in [2.24, 2.45) is 0 Å². The van der Waals surface area contributed by atoms with Crippen molar-refractivity contribution in [1.29, 1.82) is 0 Å². The fourth-order valence-electron chi connectivity index (χ4n) is 3.37. The lowest BCUT2D eigenvalue weighted by Gasteiger charge is -2.34. The van der Waals surface area contributed by atoms with Crippen LogP contribution in [0.2, 0.25) is 0 Å². The van der Waals surface area contributed by atoms with E-state index in [2.05, 4.69) is 46.2 Å². The van der Waals surface area contributed by atoms with Gasteiger partial charge in [-0.2, -0.15) is 0 Å². The summed E-state index contributed by atoms with van der Waals surface area (Å²) < 4.78 is 8.49. The second kappa shape index (κ2) is 10.1. The molecule has 162 valence electrons. The average molecular weight is 445 g/mol. The molecule has 0 spiro atoms. The molecule has 3 rings (SSSR count). The Kier molecular flexibility index (Phi) is 7.77. The van der Waals surface area contributed by atoms with Crippen molar-refractivity contribution in [3.63, 3.8) is 0 Å². The molecule has 1 amide bonds. The fraction of sp³-hybridized carbons (Fsp3) is 0.458. The van der Waals surface area contributed by atoms with Crippen molar-refractivity contribution >= 4 is 29.6 Å². The van der Waals surface area contributed by atoms with Crippen molar-refractivity contribution < 1.29 is 9.53 Å². The van der Waals surface area contributed by atoms with Gasteiger partial charge in [0.15, 0.2) is 5.60 Å². The Hall–Kier alpha value is -1.63. The van der Waals surface area contributed by atoms with Gasteiger partial charge < -0.3 is 10.1 Å². The summed E-state index contributed by atoms with van der Waals surface area (Å²) >= 11 is 3.56. The number of nitrogens with zero attached hydrogens (tertiary/aromatic N) is 1. The summed E-state index contributed by atoms with van der Waals surface area (Å²) in [4.78, 5) is 15.5. The summed E-state index contributed by atoms with van der Waals surface area (Å²) in [6.07, 6.45) is 3.98. The molecule has 6 heteroatoms. The van der Waals surface area contributed by atoms with Crippen molar-refractivity contribution in [2.45, 2.75) is 62.0 Å². The summed E-state index contributed by atoms with van der Waals surface area (Å²) in [5.74, 6) is 0.719. The van der Waals surface area contributed by atoms with Gasteiger partial charge in [0.25, 0.3) is 5.91 Å². The van der Waals surface area contributed by atoms with E-state index in [-0.39, 0.29) is 11.9 Å². The van der Waals surface area contributed by atoms with E-state index in [1.54, 1.807) is 23.7 Å². The predicted octanol–water partition coefficient (Wildman–Crippen LogP) is 5.47. The van der Waals surface area contributed by atoms with Crippen LogP contribution in [0.3, 0.4) is 0 Å². The van der Waals surface area contributed by atoms with Gasteiger partial charge in [-0.1, -0.05) is 12.1 Å². The lowest BCUT2D eigenvalue weighted by atomic mass is 10.0. The molecule has 0 saturated carbocycles. The minimum Gasteiger partial charge on any atom is -0.478 e. The second-order valence-corrected chi connectivity index (χ2v) is 10.4. The zero-order valence-electron chi connectivity index (χ0n) is 18.5. The van der Waals surface area contributed by atoms with Crippen LogP contribution in [0.1, 0.15) is 37.8 Å². The largest absolute Gasteiger partial charge is 0.478 e. The highest BCUT2D eigenvalue weighted by atomic mass is 32.2. The molecule has 1 saturated heterocycles. The van der Waals surface area contributed by atoms with Crippen LogP contribution in [0, 0.1) is 13.8 Å². The predicted molar refractivity (Wildman–Crippen MR) is 127 cm³/mol. The normalized spacial score (nSPS) is 15.8. The van der Waals surface area contributed by atoms with Crippen LogP contribution >= 0.6 is 23.7 Å². The smallest absolute Gasteiger partial charge is 0.263 e. The van der Waals surface area contributed by atoms with Gasteiger partial charge in [0.2, 0.25) is 0 Å². The molecule has 2 aromatic rings. The second-order valence-electron chi connectivity index (χ2n) is 8.32. The molecule has 0 bridgehead atoms. The van der Waals surface area contributed by atoms with Gasteiger partial charge in [-0.05, 0) is 100 Å². The first-order valence-corrected chi connectivity index (χ1v) is 12.4. The number of thioether (sulfide) groups is 1. The number of carbonyl (C=O) groups excluding carboxylic acids is 1. The lowest BCUT2D eigenvalue weighted by molar-refractivity contribution is -0.135. The average Bonchev–Trinajstić information content (AvgIpc) is 2.72. The molecule has 0 atom stereocenters. The zero-order chi connectivity index (χ0) is 21.7. The number of carbonyl (C=O) groups is 1.